The van der Waals surface area contributed by atoms with E-state index in [9.17, 15) is 14.7 Å². The molecule has 0 radical (unpaired) electrons. The van der Waals surface area contributed by atoms with E-state index in [-0.39, 0.29) is 11.6 Å². The zero-order valence-electron chi connectivity index (χ0n) is 16.8. The molecule has 2 atom stereocenters. The van der Waals surface area contributed by atoms with Crippen LogP contribution in [0.15, 0.2) is 30.3 Å². The number of rotatable bonds is 7. The molecule has 7 heteroatoms. The Balaban J connectivity index is 2.81. The summed E-state index contributed by atoms with van der Waals surface area (Å²) in [6, 6.07) is 8.13. The number of aliphatic carboxylic acids is 1. The lowest BCUT2D eigenvalue weighted by atomic mass is 10.1. The smallest absolute Gasteiger partial charge is 0.410 e. The highest BCUT2D eigenvalue weighted by Crippen LogP contribution is 2.37. The number of hydrogen-bond donors (Lipinski definition) is 1. The molecule has 1 amide bonds. The topological polar surface area (TPSA) is 76.1 Å². The molecule has 0 aliphatic carbocycles. The predicted molar refractivity (Wildman–Crippen MR) is 104 cm³/mol. The van der Waals surface area contributed by atoms with E-state index in [4.69, 9.17) is 9.16 Å². The van der Waals surface area contributed by atoms with Crippen molar-refractivity contribution in [1.29, 1.82) is 0 Å². The first-order chi connectivity index (χ1) is 11.9. The molecule has 0 saturated carbocycles. The van der Waals surface area contributed by atoms with Crippen LogP contribution in [0.1, 0.15) is 33.3 Å². The molecule has 1 aromatic rings. The summed E-state index contributed by atoms with van der Waals surface area (Å²) in [6.07, 6.45) is -1.34. The molecular weight excluding hydrogens is 350 g/mol. The number of nitrogens with zero attached hydrogens (tertiary/aromatic N) is 1. The molecule has 0 aliphatic rings. The molecule has 0 aliphatic heterocycles. The molecule has 0 aromatic heterocycles. The second-order valence-corrected chi connectivity index (χ2v) is 12.8. The van der Waals surface area contributed by atoms with Gasteiger partial charge < -0.3 is 14.3 Å². The maximum atomic E-state index is 12.3. The summed E-state index contributed by atoms with van der Waals surface area (Å²) in [5.74, 6) is -1.12. The Bertz CT molecular complexity index is 612. The average Bonchev–Trinajstić information content (AvgIpc) is 2.51. The molecule has 0 spiro atoms. The van der Waals surface area contributed by atoms with E-state index in [0.29, 0.717) is 0 Å². The number of hydrogen-bond acceptors (Lipinski definition) is 4. The van der Waals surface area contributed by atoms with Gasteiger partial charge in [-0.3, -0.25) is 4.90 Å². The van der Waals surface area contributed by atoms with Gasteiger partial charge in [-0.15, -0.1) is 0 Å². The Morgan fingerprint density at radius 3 is 2.19 bits per heavy atom. The normalized spacial score (nSPS) is 14.4. The van der Waals surface area contributed by atoms with E-state index in [0.717, 1.165) is 10.5 Å². The highest BCUT2D eigenvalue weighted by Gasteiger charge is 2.42. The highest BCUT2D eigenvalue weighted by molar-refractivity contribution is 6.74. The van der Waals surface area contributed by atoms with Gasteiger partial charge in [-0.25, -0.2) is 9.59 Å². The van der Waals surface area contributed by atoms with Crippen molar-refractivity contribution in [3.8, 4) is 0 Å². The van der Waals surface area contributed by atoms with Gasteiger partial charge in [-0.1, -0.05) is 51.1 Å². The second-order valence-electron chi connectivity index (χ2n) is 8.02. The van der Waals surface area contributed by atoms with Gasteiger partial charge in [0.15, 0.2) is 14.4 Å². The van der Waals surface area contributed by atoms with Gasteiger partial charge in [-0.05, 0) is 30.6 Å². The fourth-order valence-electron chi connectivity index (χ4n) is 2.32. The summed E-state index contributed by atoms with van der Waals surface area (Å²) < 4.78 is 11.4. The zero-order chi connectivity index (χ0) is 20.1. The van der Waals surface area contributed by atoms with Crippen molar-refractivity contribution in [1.82, 2.24) is 4.90 Å². The molecule has 0 fully saturated rings. The van der Waals surface area contributed by atoms with Crippen LogP contribution in [0.5, 0.6) is 0 Å². The molecule has 0 bridgehead atoms. The zero-order valence-corrected chi connectivity index (χ0v) is 17.8. The van der Waals surface area contributed by atoms with Gasteiger partial charge in [0, 0.05) is 7.05 Å². The van der Waals surface area contributed by atoms with E-state index in [1.807, 2.05) is 30.3 Å². The number of ether oxygens (including phenoxy) is 1. The van der Waals surface area contributed by atoms with Crippen molar-refractivity contribution in [3.05, 3.63) is 35.9 Å². The minimum atomic E-state index is -2.17. The molecule has 2 unspecified atom stereocenters. The van der Waals surface area contributed by atoms with E-state index >= 15 is 0 Å². The second kappa shape index (κ2) is 8.68. The van der Waals surface area contributed by atoms with Gasteiger partial charge >= 0.3 is 12.1 Å². The van der Waals surface area contributed by atoms with Gasteiger partial charge in [0.2, 0.25) is 0 Å². The molecular formula is C19H31NO5Si. The number of carbonyl (C=O) groups is 2. The summed E-state index contributed by atoms with van der Waals surface area (Å²) in [7, 11) is -0.742. The number of carboxylic acids is 1. The highest BCUT2D eigenvalue weighted by atomic mass is 28.4. The maximum absolute atomic E-state index is 12.3. The van der Waals surface area contributed by atoms with Crippen molar-refractivity contribution in [2.24, 2.45) is 0 Å². The van der Waals surface area contributed by atoms with Gasteiger partial charge in [-0.2, -0.15) is 0 Å². The molecule has 0 saturated heterocycles. The quantitative estimate of drug-likeness (QED) is 0.719. The third-order valence-corrected chi connectivity index (χ3v) is 9.47. The van der Waals surface area contributed by atoms with Crippen LogP contribution in [-0.4, -0.2) is 49.6 Å². The Hall–Kier alpha value is -1.86. The SMILES string of the molecule is CC(O[Si](C)(C)C(C)(C)C)C(C(=O)O)N(C)C(=O)OCc1ccccc1. The van der Waals surface area contributed by atoms with Crippen molar-refractivity contribution in [2.75, 3.05) is 7.05 Å². The fraction of sp³-hybridized carbons (Fsp3) is 0.579. The van der Waals surface area contributed by atoms with E-state index < -0.39 is 32.5 Å². The monoisotopic (exact) mass is 381 g/mol. The first-order valence-electron chi connectivity index (χ1n) is 8.71. The molecule has 1 N–H and O–H groups in total. The van der Waals surface area contributed by atoms with Crippen LogP contribution in [-0.2, 0) is 20.6 Å². The van der Waals surface area contributed by atoms with Crippen molar-refractivity contribution >= 4 is 20.4 Å². The Labute approximate surface area is 157 Å². The number of carboxylic acid groups (broad SMARTS) is 1. The summed E-state index contributed by atoms with van der Waals surface area (Å²) in [5, 5.41) is 9.58. The van der Waals surface area contributed by atoms with E-state index in [1.165, 1.54) is 7.05 Å². The molecule has 146 valence electrons. The van der Waals surface area contributed by atoms with Crippen molar-refractivity contribution in [3.63, 3.8) is 0 Å². The Morgan fingerprint density at radius 2 is 1.73 bits per heavy atom. The number of benzene rings is 1. The Morgan fingerprint density at radius 1 is 1.19 bits per heavy atom. The molecule has 6 nitrogen and oxygen atoms in total. The lowest BCUT2D eigenvalue weighted by Gasteiger charge is -2.40. The van der Waals surface area contributed by atoms with Crippen LogP contribution in [0, 0.1) is 0 Å². The summed E-state index contributed by atoms with van der Waals surface area (Å²) in [5.41, 5.74) is 0.840. The minimum Gasteiger partial charge on any atom is -0.480 e. The molecule has 1 aromatic carbocycles. The minimum absolute atomic E-state index is 0.0588. The standard InChI is InChI=1S/C19H31NO5Si/c1-14(25-26(6,7)19(2,3)4)16(17(21)22)20(5)18(23)24-13-15-11-9-8-10-12-15/h8-12,14,16H,13H2,1-7H3,(H,21,22). The summed E-state index contributed by atoms with van der Waals surface area (Å²) >= 11 is 0. The van der Waals surface area contributed by atoms with Crippen molar-refractivity contribution in [2.45, 2.75) is 64.6 Å². The number of carbonyl (C=O) groups excluding carboxylic acids is 1. The maximum Gasteiger partial charge on any atom is 0.410 e. The molecule has 1 rings (SSSR count). The molecule has 26 heavy (non-hydrogen) atoms. The van der Waals surface area contributed by atoms with Crippen molar-refractivity contribution < 1.29 is 23.9 Å². The van der Waals surface area contributed by atoms with E-state index in [1.54, 1.807) is 6.92 Å². The van der Waals surface area contributed by atoms with Crippen LogP contribution < -0.4 is 0 Å². The Kier molecular flexibility index (Phi) is 7.41. The van der Waals surface area contributed by atoms with Crippen LogP contribution in [0.3, 0.4) is 0 Å². The number of amides is 1. The third-order valence-electron chi connectivity index (χ3n) is 4.89. The van der Waals surface area contributed by atoms with E-state index in [2.05, 4.69) is 33.9 Å². The lowest BCUT2D eigenvalue weighted by molar-refractivity contribution is -0.145. The van der Waals surface area contributed by atoms with Crippen LogP contribution in [0.25, 0.3) is 0 Å². The van der Waals surface area contributed by atoms with Gasteiger partial charge in [0.05, 0.1) is 6.10 Å². The van der Waals surface area contributed by atoms with Crippen LogP contribution in [0.4, 0.5) is 4.79 Å². The number of likely N-dealkylation sites (N-methyl/N-ethyl adjacent to an activating group) is 1. The lowest BCUT2D eigenvalue weighted by Crippen LogP contribution is -2.54. The van der Waals surface area contributed by atoms with Crippen LogP contribution in [0.2, 0.25) is 18.1 Å². The van der Waals surface area contributed by atoms with Gasteiger partial charge in [0.1, 0.15) is 6.61 Å². The average molecular weight is 382 g/mol. The molecule has 0 heterocycles. The first kappa shape index (κ1) is 22.2. The largest absolute Gasteiger partial charge is 0.480 e. The third kappa shape index (κ3) is 5.84. The van der Waals surface area contributed by atoms with Gasteiger partial charge in [0.25, 0.3) is 0 Å². The first-order valence-corrected chi connectivity index (χ1v) is 11.6. The fourth-order valence-corrected chi connectivity index (χ4v) is 3.73. The van der Waals surface area contributed by atoms with Crippen LogP contribution >= 0.6 is 0 Å². The summed E-state index contributed by atoms with van der Waals surface area (Å²) in [4.78, 5) is 25.2. The predicted octanol–water partition coefficient (Wildman–Crippen LogP) is 4.12. The summed E-state index contributed by atoms with van der Waals surface area (Å²) in [6.45, 7) is 12.1.